The highest BCUT2D eigenvalue weighted by Crippen LogP contribution is 2.46. The maximum Gasteiger partial charge on any atom is 0.0701 e. The van der Waals surface area contributed by atoms with Crippen molar-refractivity contribution in [1.82, 2.24) is 0 Å². The summed E-state index contributed by atoms with van der Waals surface area (Å²) >= 11 is 0. The number of allylic oxidation sites excluding steroid dienone is 7. The zero-order valence-corrected chi connectivity index (χ0v) is 30.3. The fourth-order valence-electron chi connectivity index (χ4n) is 7.49. The smallest absolute Gasteiger partial charge is 0.0701 e. The van der Waals surface area contributed by atoms with Gasteiger partial charge in [-0.3, -0.25) is 4.99 Å². The van der Waals surface area contributed by atoms with Crippen LogP contribution in [0, 0.1) is 12.8 Å². The average Bonchev–Trinajstić information content (AvgIpc) is 3.19. The highest BCUT2D eigenvalue weighted by atomic mass is 14.8. The molecule has 3 unspecified atom stereocenters. The maximum atomic E-state index is 5.53. The number of nitrogens with zero attached hydrogens (tertiary/aromatic N) is 1. The normalized spacial score (nSPS) is 16.2. The van der Waals surface area contributed by atoms with Crippen molar-refractivity contribution in [1.29, 1.82) is 0 Å². The van der Waals surface area contributed by atoms with Gasteiger partial charge in [-0.05, 0) is 77.1 Å². The maximum absolute atomic E-state index is 5.53. The van der Waals surface area contributed by atoms with Crippen LogP contribution in [-0.4, -0.2) is 11.8 Å². The molecule has 0 amide bonds. The number of aryl methyl sites for hydroxylation is 1. The van der Waals surface area contributed by atoms with Crippen molar-refractivity contribution in [2.45, 2.75) is 51.0 Å². The van der Waals surface area contributed by atoms with Gasteiger partial charge in [-0.2, -0.15) is 0 Å². The molecule has 1 nitrogen and oxygen atoms in total. The third-order valence-corrected chi connectivity index (χ3v) is 10.4. The molecule has 0 saturated heterocycles. The van der Waals surface area contributed by atoms with Crippen molar-refractivity contribution >= 4 is 11.3 Å². The second kappa shape index (κ2) is 16.5. The van der Waals surface area contributed by atoms with E-state index in [1.807, 2.05) is 12.2 Å². The van der Waals surface area contributed by atoms with E-state index < -0.39 is 5.41 Å². The van der Waals surface area contributed by atoms with E-state index >= 15 is 0 Å². The molecule has 0 N–H and O–H groups in total. The number of benzene rings is 5. The summed E-state index contributed by atoms with van der Waals surface area (Å²) in [5, 5.41) is 0. The quantitative estimate of drug-likeness (QED) is 0.0675. The molecule has 0 radical (unpaired) electrons. The van der Waals surface area contributed by atoms with Gasteiger partial charge in [0.25, 0.3) is 0 Å². The molecule has 0 aliphatic heterocycles. The lowest BCUT2D eigenvalue weighted by atomic mass is 9.64. The molecule has 0 aromatic heterocycles. The molecule has 1 heteroatoms. The molecule has 6 rings (SSSR count). The van der Waals surface area contributed by atoms with Crippen molar-refractivity contribution in [3.8, 4) is 0 Å². The van der Waals surface area contributed by atoms with Gasteiger partial charge in [0.05, 0.1) is 11.5 Å². The lowest BCUT2D eigenvalue weighted by molar-refractivity contribution is 0.540. The molecule has 5 aromatic rings. The first-order valence-corrected chi connectivity index (χ1v) is 18.2. The van der Waals surface area contributed by atoms with Crippen LogP contribution in [0.5, 0.6) is 0 Å². The van der Waals surface area contributed by atoms with Gasteiger partial charge < -0.3 is 0 Å². The first kappa shape index (κ1) is 35.3. The minimum Gasteiger partial charge on any atom is -0.285 e. The Kier molecular flexibility index (Phi) is 11.4. The average molecular weight is 664 g/mol. The second-order valence-corrected chi connectivity index (χ2v) is 13.7. The third kappa shape index (κ3) is 7.79. The van der Waals surface area contributed by atoms with Crippen LogP contribution in [0.3, 0.4) is 0 Å². The Hall–Kier alpha value is -5.53. The lowest BCUT2D eigenvalue weighted by Crippen LogP contribution is -2.31. The van der Waals surface area contributed by atoms with Crippen LogP contribution in [0.25, 0.3) is 5.57 Å². The predicted octanol–water partition coefficient (Wildman–Crippen LogP) is 12.7. The Balaban J connectivity index is 1.40. The predicted molar refractivity (Wildman–Crippen MR) is 220 cm³/mol. The van der Waals surface area contributed by atoms with E-state index in [-0.39, 0.29) is 6.04 Å². The van der Waals surface area contributed by atoms with E-state index in [4.69, 9.17) is 4.99 Å². The number of hydrogen-bond acceptors (Lipinski definition) is 1. The molecule has 0 saturated carbocycles. The van der Waals surface area contributed by atoms with Crippen LogP contribution < -0.4 is 0 Å². The Morgan fingerprint density at radius 2 is 1.31 bits per heavy atom. The Labute approximate surface area is 305 Å². The second-order valence-electron chi connectivity index (χ2n) is 13.7. The largest absolute Gasteiger partial charge is 0.285 e. The first-order valence-electron chi connectivity index (χ1n) is 18.2. The van der Waals surface area contributed by atoms with Gasteiger partial charge >= 0.3 is 0 Å². The summed E-state index contributed by atoms with van der Waals surface area (Å²) in [6.45, 7) is 15.1. The Bertz CT molecular complexity index is 1990. The number of rotatable bonds is 13. The van der Waals surface area contributed by atoms with Crippen LogP contribution >= 0.6 is 0 Å². The van der Waals surface area contributed by atoms with E-state index in [0.29, 0.717) is 11.8 Å². The molecule has 1 aliphatic carbocycles. The Morgan fingerprint density at radius 3 is 1.84 bits per heavy atom. The van der Waals surface area contributed by atoms with Crippen molar-refractivity contribution in [2.24, 2.45) is 10.9 Å². The van der Waals surface area contributed by atoms with Crippen LogP contribution in [0.15, 0.2) is 200 Å². The summed E-state index contributed by atoms with van der Waals surface area (Å²) in [4.78, 5) is 5.53. The molecule has 254 valence electrons. The van der Waals surface area contributed by atoms with Gasteiger partial charge in [-0.25, -0.2) is 0 Å². The fraction of sp³-hybridized carbons (Fsp3) is 0.180. The van der Waals surface area contributed by atoms with Gasteiger partial charge in [0.2, 0.25) is 0 Å². The summed E-state index contributed by atoms with van der Waals surface area (Å²) in [7, 11) is 0. The summed E-state index contributed by atoms with van der Waals surface area (Å²) in [6.07, 6.45) is 14.8. The zero-order chi connectivity index (χ0) is 35.6. The SMILES string of the molecule is C=C/C=C(\C=C)C(c1ccccc1)(c1ccccc1)c1ccc(C(CC(C)c2ccccc2)=NC(C)C2C=CC(c3ccc(C)cc3)=CC2)cc1. The first-order chi connectivity index (χ1) is 24.9. The fourth-order valence-corrected chi connectivity index (χ4v) is 7.49. The van der Waals surface area contributed by atoms with Gasteiger partial charge in [-0.1, -0.05) is 202 Å². The van der Waals surface area contributed by atoms with Crippen LogP contribution in [0.1, 0.15) is 71.6 Å². The minimum absolute atomic E-state index is 0.130. The molecule has 0 fully saturated rings. The van der Waals surface area contributed by atoms with Gasteiger partial charge in [0, 0.05) is 11.6 Å². The van der Waals surface area contributed by atoms with E-state index in [1.54, 1.807) is 0 Å². The van der Waals surface area contributed by atoms with Gasteiger partial charge in [0.15, 0.2) is 0 Å². The molecule has 0 bridgehead atoms. The molecule has 1 aliphatic rings. The topological polar surface area (TPSA) is 12.4 Å². The van der Waals surface area contributed by atoms with Crippen molar-refractivity contribution in [3.05, 3.63) is 234 Å². The number of hydrogen-bond donors (Lipinski definition) is 0. The van der Waals surface area contributed by atoms with E-state index in [0.717, 1.165) is 29.7 Å². The highest BCUT2D eigenvalue weighted by Gasteiger charge is 2.38. The molecular formula is C50H49N. The summed E-state index contributed by atoms with van der Waals surface area (Å²) < 4.78 is 0. The lowest BCUT2D eigenvalue weighted by Gasteiger charge is -2.37. The minimum atomic E-state index is -0.576. The van der Waals surface area contributed by atoms with Crippen LogP contribution in [0.4, 0.5) is 0 Å². The number of aliphatic imine (C=N–C) groups is 1. The van der Waals surface area contributed by atoms with E-state index in [2.05, 4.69) is 198 Å². The summed E-state index contributed by atoms with van der Waals surface area (Å²) in [5.74, 6) is 0.658. The van der Waals surface area contributed by atoms with Gasteiger partial charge in [-0.15, -0.1) is 0 Å². The van der Waals surface area contributed by atoms with E-state index in [9.17, 15) is 0 Å². The third-order valence-electron chi connectivity index (χ3n) is 10.4. The Morgan fingerprint density at radius 1 is 0.745 bits per heavy atom. The van der Waals surface area contributed by atoms with Crippen molar-refractivity contribution in [2.75, 3.05) is 0 Å². The van der Waals surface area contributed by atoms with Crippen molar-refractivity contribution in [3.63, 3.8) is 0 Å². The standard InChI is InChI=1S/C50H49N/c1-6-17-45(7-2)50(46-20-13-9-14-21-46,47-22-15-10-16-23-47)48-34-32-44(33-35-48)49(36-38(4)40-18-11-8-12-19-40)51-39(5)41-28-30-43(31-29-41)42-26-24-37(3)25-27-42/h6-28,30-35,38-39,41H,1-2,29,36H2,3-5H3/b45-17+,51-49?. The molecule has 5 aromatic carbocycles. The molecular weight excluding hydrogens is 615 g/mol. The summed E-state index contributed by atoms with van der Waals surface area (Å²) in [6, 6.07) is 50.4. The summed E-state index contributed by atoms with van der Waals surface area (Å²) in [5.41, 5.74) is 11.5. The molecule has 51 heavy (non-hydrogen) atoms. The molecule has 3 atom stereocenters. The van der Waals surface area contributed by atoms with Crippen LogP contribution in [0.2, 0.25) is 0 Å². The van der Waals surface area contributed by atoms with Crippen LogP contribution in [-0.2, 0) is 5.41 Å². The van der Waals surface area contributed by atoms with Crippen molar-refractivity contribution < 1.29 is 0 Å². The zero-order valence-electron chi connectivity index (χ0n) is 30.3. The molecule has 0 spiro atoms. The van der Waals surface area contributed by atoms with Gasteiger partial charge in [0.1, 0.15) is 0 Å². The monoisotopic (exact) mass is 663 g/mol. The van der Waals surface area contributed by atoms with E-state index in [1.165, 1.54) is 39.0 Å². The highest BCUT2D eigenvalue weighted by molar-refractivity contribution is 6.01. The molecule has 0 heterocycles.